The first-order valence-electron chi connectivity index (χ1n) is 9.69. The Balaban J connectivity index is 1.56. The summed E-state index contributed by atoms with van der Waals surface area (Å²) in [5.74, 6) is -1.65. The van der Waals surface area contributed by atoms with Crippen molar-refractivity contribution in [1.29, 1.82) is 0 Å². The average molecular weight is 471 g/mol. The van der Waals surface area contributed by atoms with Gasteiger partial charge < -0.3 is 9.84 Å². The summed E-state index contributed by atoms with van der Waals surface area (Å²) in [4.78, 5) is 38.0. The molecule has 0 spiro atoms. The van der Waals surface area contributed by atoms with E-state index in [2.05, 4.69) is 19.9 Å². The molecule has 3 N–H and O–H groups in total. The molecule has 33 heavy (non-hydrogen) atoms. The van der Waals surface area contributed by atoms with E-state index in [-0.39, 0.29) is 4.90 Å². The van der Waals surface area contributed by atoms with Crippen molar-refractivity contribution in [3.8, 4) is 5.88 Å². The summed E-state index contributed by atoms with van der Waals surface area (Å²) in [6.45, 7) is 0.330. The first-order chi connectivity index (χ1) is 15.8. The minimum atomic E-state index is -4.15. The number of imidazole rings is 1. The second-order valence-electron chi connectivity index (χ2n) is 7.05. The van der Waals surface area contributed by atoms with Gasteiger partial charge in [0.25, 0.3) is 10.0 Å². The third kappa shape index (κ3) is 4.72. The zero-order valence-electron chi connectivity index (χ0n) is 17.3. The number of aromatic nitrogens is 5. The summed E-state index contributed by atoms with van der Waals surface area (Å²) >= 11 is 0. The standard InChI is InChI=1S/C20H18N6O6S/c1-32-17-6-4-14-19-15(9-22-20(14)24-17)23-11-26(19)10-12-2-3-13(8-21-12)33(30,31)25-16(27)5-7-18(28)29/h2-4,6,8-9,11H,5,7,10H2,1H3,(H2,25,27,28,29)/p+1. The van der Waals surface area contributed by atoms with Crippen LogP contribution in [-0.4, -0.2) is 52.4 Å². The van der Waals surface area contributed by atoms with Crippen molar-refractivity contribution in [3.05, 3.63) is 48.7 Å². The minimum absolute atomic E-state index is 0.204. The number of methoxy groups -OCH3 is 1. The Labute approximate surface area is 187 Å². The molecule has 0 aliphatic carbocycles. The molecule has 12 nitrogen and oxygen atoms in total. The Morgan fingerprint density at radius 3 is 2.67 bits per heavy atom. The highest BCUT2D eigenvalue weighted by Gasteiger charge is 2.20. The Kier molecular flexibility index (Phi) is 5.87. The van der Waals surface area contributed by atoms with Gasteiger partial charge in [0, 0.05) is 18.7 Å². The van der Waals surface area contributed by atoms with Crippen molar-refractivity contribution < 1.29 is 32.4 Å². The molecule has 4 aromatic heterocycles. The van der Waals surface area contributed by atoms with Crippen LogP contribution in [0.5, 0.6) is 5.88 Å². The van der Waals surface area contributed by atoms with Crippen LogP contribution in [0.1, 0.15) is 18.5 Å². The first-order valence-corrected chi connectivity index (χ1v) is 11.2. The number of hydrogen-bond acceptors (Lipinski definition) is 8. The van der Waals surface area contributed by atoms with E-state index in [0.717, 1.165) is 22.6 Å². The number of aromatic amines is 1. The molecule has 0 aliphatic heterocycles. The molecule has 13 heteroatoms. The van der Waals surface area contributed by atoms with Crippen LogP contribution in [0.4, 0.5) is 0 Å². The fraction of sp³-hybridized carbons (Fsp3) is 0.200. The monoisotopic (exact) mass is 471 g/mol. The molecule has 1 amide bonds. The van der Waals surface area contributed by atoms with Gasteiger partial charge in [-0.05, 0) is 18.2 Å². The maximum absolute atomic E-state index is 12.3. The molecule has 0 bridgehead atoms. The number of amides is 1. The lowest BCUT2D eigenvalue weighted by molar-refractivity contribution is -0.662. The van der Waals surface area contributed by atoms with Crippen molar-refractivity contribution in [2.45, 2.75) is 24.3 Å². The molecule has 0 aliphatic rings. The van der Waals surface area contributed by atoms with Crippen molar-refractivity contribution >= 4 is 44.0 Å². The number of nitrogens with one attached hydrogen (secondary N) is 2. The Morgan fingerprint density at radius 1 is 1.15 bits per heavy atom. The van der Waals surface area contributed by atoms with Crippen LogP contribution in [-0.2, 0) is 26.2 Å². The predicted octanol–water partition coefficient (Wildman–Crippen LogP) is 0.520. The maximum Gasteiger partial charge on any atom is 0.303 e. The smallest absolute Gasteiger partial charge is 0.303 e. The van der Waals surface area contributed by atoms with E-state index in [1.807, 2.05) is 15.4 Å². The summed E-state index contributed by atoms with van der Waals surface area (Å²) in [5.41, 5.74) is 2.73. The van der Waals surface area contributed by atoms with Crippen LogP contribution < -0.4 is 14.0 Å². The van der Waals surface area contributed by atoms with Gasteiger partial charge in [0.1, 0.15) is 11.4 Å². The van der Waals surface area contributed by atoms with E-state index in [1.165, 1.54) is 19.2 Å². The summed E-state index contributed by atoms with van der Waals surface area (Å²) in [5, 5.41) is 9.41. The number of hydrogen-bond donors (Lipinski definition) is 3. The van der Waals surface area contributed by atoms with Gasteiger partial charge in [-0.2, -0.15) is 4.98 Å². The van der Waals surface area contributed by atoms with Gasteiger partial charge in [-0.15, -0.1) is 0 Å². The van der Waals surface area contributed by atoms with E-state index < -0.39 is 34.7 Å². The van der Waals surface area contributed by atoms with E-state index in [1.54, 1.807) is 18.6 Å². The lowest BCUT2D eigenvalue weighted by Crippen LogP contribution is -2.33. The van der Waals surface area contributed by atoms with Crippen LogP contribution in [0.25, 0.3) is 22.1 Å². The van der Waals surface area contributed by atoms with E-state index in [9.17, 15) is 18.0 Å². The number of ether oxygens (including phenoxy) is 1. The molecule has 0 saturated carbocycles. The summed E-state index contributed by atoms with van der Waals surface area (Å²) in [7, 11) is -2.62. The topological polar surface area (TPSA) is 168 Å². The molecule has 0 atom stereocenters. The molecular weight excluding hydrogens is 452 g/mol. The quantitative estimate of drug-likeness (QED) is 0.310. The number of carboxylic acids is 1. The van der Waals surface area contributed by atoms with Crippen LogP contribution >= 0.6 is 0 Å². The van der Waals surface area contributed by atoms with Crippen molar-refractivity contribution in [3.63, 3.8) is 0 Å². The molecule has 0 saturated heterocycles. The van der Waals surface area contributed by atoms with Crippen molar-refractivity contribution in [2.24, 2.45) is 0 Å². The second kappa shape index (κ2) is 8.78. The Bertz CT molecular complexity index is 1470. The van der Waals surface area contributed by atoms with E-state index in [4.69, 9.17) is 9.84 Å². The molecule has 170 valence electrons. The highest BCUT2D eigenvalue weighted by Crippen LogP contribution is 2.21. The number of H-pyrrole nitrogens is 1. The molecule has 0 fully saturated rings. The summed E-state index contributed by atoms with van der Waals surface area (Å²) in [6, 6.07) is 6.46. The molecular formula is C20H19N6O6S+. The fourth-order valence-corrected chi connectivity index (χ4v) is 4.19. The number of nitrogens with zero attached hydrogens (tertiary/aromatic N) is 4. The first kappa shape index (κ1) is 22.1. The van der Waals surface area contributed by atoms with Gasteiger partial charge in [-0.1, -0.05) is 0 Å². The second-order valence-corrected chi connectivity index (χ2v) is 8.74. The molecule has 0 aromatic carbocycles. The fourth-order valence-electron chi connectivity index (χ4n) is 3.23. The predicted molar refractivity (Wildman–Crippen MR) is 114 cm³/mol. The van der Waals surface area contributed by atoms with Gasteiger partial charge >= 0.3 is 5.97 Å². The van der Waals surface area contributed by atoms with Gasteiger partial charge in [0.15, 0.2) is 16.7 Å². The summed E-state index contributed by atoms with van der Waals surface area (Å²) in [6.07, 6.45) is 3.65. The third-order valence-electron chi connectivity index (χ3n) is 4.80. The minimum Gasteiger partial charge on any atom is -0.481 e. The Hall–Kier alpha value is -4.13. The highest BCUT2D eigenvalue weighted by molar-refractivity contribution is 7.90. The number of rotatable bonds is 8. The van der Waals surface area contributed by atoms with Gasteiger partial charge in [-0.25, -0.2) is 27.7 Å². The SMILES string of the molecule is COc1ccc2c(ncc3[nH]c[n+](Cc4ccc(S(=O)(=O)NC(=O)CCC(=O)O)cn4)c32)n1. The van der Waals surface area contributed by atoms with Crippen LogP contribution in [0.3, 0.4) is 0 Å². The normalized spacial score (nSPS) is 11.5. The van der Waals surface area contributed by atoms with Crippen LogP contribution in [0.2, 0.25) is 0 Å². The maximum atomic E-state index is 12.3. The van der Waals surface area contributed by atoms with Crippen LogP contribution in [0, 0.1) is 0 Å². The molecule has 4 rings (SSSR count). The van der Waals surface area contributed by atoms with Gasteiger partial charge in [0.05, 0.1) is 30.8 Å². The zero-order valence-corrected chi connectivity index (χ0v) is 18.2. The number of carbonyl (C=O) groups is 2. The van der Waals surface area contributed by atoms with Gasteiger partial charge in [0.2, 0.25) is 18.1 Å². The number of pyridine rings is 3. The van der Waals surface area contributed by atoms with Crippen molar-refractivity contribution in [2.75, 3.05) is 7.11 Å². The third-order valence-corrected chi connectivity index (χ3v) is 6.16. The number of sulfonamides is 1. The van der Waals surface area contributed by atoms with Crippen LogP contribution in [0.15, 0.2) is 47.9 Å². The van der Waals surface area contributed by atoms with Gasteiger partial charge in [-0.3, -0.25) is 14.6 Å². The lowest BCUT2D eigenvalue weighted by atomic mass is 10.2. The number of carboxylic acid groups (broad SMARTS) is 1. The van der Waals surface area contributed by atoms with Crippen molar-refractivity contribution in [1.82, 2.24) is 24.7 Å². The van der Waals surface area contributed by atoms with E-state index in [0.29, 0.717) is 23.8 Å². The lowest BCUT2D eigenvalue weighted by Gasteiger charge is -2.07. The number of carbonyl (C=O) groups excluding carboxylic acids is 1. The largest absolute Gasteiger partial charge is 0.481 e. The Morgan fingerprint density at radius 2 is 1.97 bits per heavy atom. The summed E-state index contributed by atoms with van der Waals surface area (Å²) < 4.78 is 33.6. The average Bonchev–Trinajstić information content (AvgIpc) is 3.20. The van der Waals surface area contributed by atoms with E-state index >= 15 is 0 Å². The molecule has 4 aromatic rings. The molecule has 0 radical (unpaired) electrons. The molecule has 4 heterocycles. The highest BCUT2D eigenvalue weighted by atomic mass is 32.2. The zero-order chi connectivity index (χ0) is 23.6. The molecule has 0 unspecified atom stereocenters. The number of aliphatic carboxylic acids is 1. The number of fused-ring (bicyclic) bond motifs is 3.